The van der Waals surface area contributed by atoms with Crippen molar-refractivity contribution >= 4 is 0 Å². The van der Waals surface area contributed by atoms with E-state index in [4.69, 9.17) is 11.5 Å². The Morgan fingerprint density at radius 1 is 1.25 bits per heavy atom. The molecule has 0 aromatic rings. The lowest BCUT2D eigenvalue weighted by Crippen LogP contribution is -2.55. The fourth-order valence-electron chi connectivity index (χ4n) is 3.35. The van der Waals surface area contributed by atoms with Crippen LogP contribution in [0.4, 0.5) is 0 Å². The van der Waals surface area contributed by atoms with E-state index in [0.717, 1.165) is 19.0 Å². The molecule has 16 heavy (non-hydrogen) atoms. The summed E-state index contributed by atoms with van der Waals surface area (Å²) in [5, 5.41) is 0. The first kappa shape index (κ1) is 12.3. The molecule has 1 saturated carbocycles. The molecule has 2 fully saturated rings. The molecule has 1 spiro atoms. The van der Waals surface area contributed by atoms with Crippen molar-refractivity contribution in [3.05, 3.63) is 0 Å². The predicted molar refractivity (Wildman–Crippen MR) is 68.2 cm³/mol. The monoisotopic (exact) mass is 225 g/mol. The number of hydrogen-bond acceptors (Lipinski definition) is 3. The number of likely N-dealkylation sites (tertiary alicyclic amines) is 1. The van der Waals surface area contributed by atoms with E-state index in [1.54, 1.807) is 0 Å². The highest BCUT2D eigenvalue weighted by molar-refractivity contribution is 5.02. The maximum Gasteiger partial charge on any atom is 0.0126 e. The molecule has 4 N–H and O–H groups in total. The van der Waals surface area contributed by atoms with E-state index in [1.807, 2.05) is 0 Å². The summed E-state index contributed by atoms with van der Waals surface area (Å²) < 4.78 is 0. The van der Waals surface area contributed by atoms with E-state index < -0.39 is 0 Å². The molecule has 94 valence electrons. The maximum atomic E-state index is 6.18. The van der Waals surface area contributed by atoms with Crippen molar-refractivity contribution in [1.82, 2.24) is 4.90 Å². The van der Waals surface area contributed by atoms with Gasteiger partial charge in [0.25, 0.3) is 0 Å². The lowest BCUT2D eigenvalue weighted by molar-refractivity contribution is -0.0373. The number of nitrogens with two attached hydrogens (primary N) is 2. The Morgan fingerprint density at radius 2 is 1.81 bits per heavy atom. The number of nitrogens with zero attached hydrogens (tertiary/aromatic N) is 1. The summed E-state index contributed by atoms with van der Waals surface area (Å²) >= 11 is 0. The molecule has 3 nitrogen and oxygen atoms in total. The molecule has 0 radical (unpaired) electrons. The van der Waals surface area contributed by atoms with Crippen molar-refractivity contribution in [3.8, 4) is 0 Å². The average molecular weight is 225 g/mol. The summed E-state index contributed by atoms with van der Waals surface area (Å²) in [6.07, 6.45) is 5.43. The van der Waals surface area contributed by atoms with Gasteiger partial charge in [0.05, 0.1) is 0 Å². The fourth-order valence-corrected chi connectivity index (χ4v) is 3.35. The highest BCUT2D eigenvalue weighted by Gasteiger charge is 2.49. The van der Waals surface area contributed by atoms with Gasteiger partial charge in [-0.05, 0) is 64.0 Å². The molecule has 3 heteroatoms. The largest absolute Gasteiger partial charge is 0.329 e. The SMILES string of the molecule is CC(C)(N)C1CC2(CCN(CCN)CC2)C1. The quantitative estimate of drug-likeness (QED) is 0.758. The first-order chi connectivity index (χ1) is 7.45. The summed E-state index contributed by atoms with van der Waals surface area (Å²) in [7, 11) is 0. The minimum absolute atomic E-state index is 0.0274. The van der Waals surface area contributed by atoms with Crippen LogP contribution in [0.3, 0.4) is 0 Å². The van der Waals surface area contributed by atoms with Crippen molar-refractivity contribution in [3.63, 3.8) is 0 Å². The van der Waals surface area contributed by atoms with Gasteiger partial charge in [-0.2, -0.15) is 0 Å². The van der Waals surface area contributed by atoms with Crippen LogP contribution in [0, 0.1) is 11.3 Å². The molecule has 1 aliphatic carbocycles. The Kier molecular flexibility index (Phi) is 3.30. The third-order valence-corrected chi connectivity index (χ3v) is 4.77. The van der Waals surface area contributed by atoms with Gasteiger partial charge >= 0.3 is 0 Å². The number of hydrogen-bond donors (Lipinski definition) is 2. The number of rotatable bonds is 3. The van der Waals surface area contributed by atoms with Gasteiger partial charge in [0.1, 0.15) is 0 Å². The Morgan fingerprint density at radius 3 is 2.25 bits per heavy atom. The molecule has 1 saturated heterocycles. The van der Waals surface area contributed by atoms with Gasteiger partial charge in [-0.3, -0.25) is 0 Å². The Balaban J connectivity index is 1.79. The predicted octanol–water partition coefficient (Wildman–Crippen LogP) is 1.17. The van der Waals surface area contributed by atoms with Crippen LogP contribution < -0.4 is 11.5 Å². The molecule has 1 heterocycles. The molecule has 0 bridgehead atoms. The molecular formula is C13H27N3. The van der Waals surface area contributed by atoms with E-state index in [2.05, 4.69) is 18.7 Å². The molecule has 2 rings (SSSR count). The van der Waals surface area contributed by atoms with E-state index in [9.17, 15) is 0 Å². The van der Waals surface area contributed by atoms with E-state index in [-0.39, 0.29) is 5.54 Å². The molecule has 0 amide bonds. The first-order valence-electron chi connectivity index (χ1n) is 6.66. The van der Waals surface area contributed by atoms with Crippen LogP contribution in [0.5, 0.6) is 0 Å². The molecule has 2 aliphatic rings. The van der Waals surface area contributed by atoms with Gasteiger partial charge in [0, 0.05) is 18.6 Å². The minimum atomic E-state index is 0.0274. The van der Waals surface area contributed by atoms with Gasteiger partial charge in [-0.15, -0.1) is 0 Å². The van der Waals surface area contributed by atoms with Crippen molar-refractivity contribution in [2.24, 2.45) is 22.8 Å². The Hall–Kier alpha value is -0.120. The van der Waals surface area contributed by atoms with Gasteiger partial charge in [-0.1, -0.05) is 0 Å². The zero-order chi connectivity index (χ0) is 11.8. The van der Waals surface area contributed by atoms with E-state index in [1.165, 1.54) is 38.8 Å². The summed E-state index contributed by atoms with van der Waals surface area (Å²) in [5.41, 5.74) is 12.4. The van der Waals surface area contributed by atoms with Crippen LogP contribution in [-0.4, -0.2) is 36.6 Å². The normalized spacial score (nSPS) is 27.0. The third kappa shape index (κ3) is 2.41. The Bertz CT molecular complexity index is 228. The van der Waals surface area contributed by atoms with Gasteiger partial charge in [0.15, 0.2) is 0 Å². The number of piperidine rings is 1. The topological polar surface area (TPSA) is 55.3 Å². The molecule has 0 atom stereocenters. The summed E-state index contributed by atoms with van der Waals surface area (Å²) in [6.45, 7) is 8.71. The van der Waals surface area contributed by atoms with Crippen LogP contribution in [0.15, 0.2) is 0 Å². The minimum Gasteiger partial charge on any atom is -0.329 e. The zero-order valence-electron chi connectivity index (χ0n) is 10.8. The summed E-state index contributed by atoms with van der Waals surface area (Å²) in [6, 6.07) is 0. The van der Waals surface area contributed by atoms with Crippen LogP contribution in [0.25, 0.3) is 0 Å². The maximum absolute atomic E-state index is 6.18. The molecule has 0 aromatic carbocycles. The van der Waals surface area contributed by atoms with E-state index in [0.29, 0.717) is 5.41 Å². The van der Waals surface area contributed by atoms with Crippen LogP contribution in [0.1, 0.15) is 39.5 Å². The second-order valence-corrected chi connectivity index (χ2v) is 6.56. The second kappa shape index (κ2) is 4.28. The third-order valence-electron chi connectivity index (χ3n) is 4.77. The average Bonchev–Trinajstić information content (AvgIpc) is 2.14. The molecule has 0 unspecified atom stereocenters. The smallest absolute Gasteiger partial charge is 0.0126 e. The van der Waals surface area contributed by atoms with Crippen LogP contribution in [0.2, 0.25) is 0 Å². The molecule has 1 aliphatic heterocycles. The van der Waals surface area contributed by atoms with Gasteiger partial charge in [0.2, 0.25) is 0 Å². The van der Waals surface area contributed by atoms with Gasteiger partial charge in [-0.25, -0.2) is 0 Å². The van der Waals surface area contributed by atoms with Crippen LogP contribution in [-0.2, 0) is 0 Å². The highest BCUT2D eigenvalue weighted by Crippen LogP contribution is 2.55. The lowest BCUT2D eigenvalue weighted by Gasteiger charge is -2.56. The fraction of sp³-hybridized carbons (Fsp3) is 1.00. The van der Waals surface area contributed by atoms with Crippen molar-refractivity contribution in [1.29, 1.82) is 0 Å². The molecule has 0 aromatic heterocycles. The second-order valence-electron chi connectivity index (χ2n) is 6.56. The standard InChI is InChI=1S/C13H27N3/c1-12(2,15)11-9-13(10-11)3-6-16(7-4-13)8-5-14/h11H,3-10,14-15H2,1-2H3. The van der Waals surface area contributed by atoms with Crippen molar-refractivity contribution in [2.75, 3.05) is 26.2 Å². The van der Waals surface area contributed by atoms with Gasteiger partial charge < -0.3 is 16.4 Å². The van der Waals surface area contributed by atoms with Crippen molar-refractivity contribution in [2.45, 2.75) is 45.1 Å². The Labute approximate surface area is 99.5 Å². The zero-order valence-corrected chi connectivity index (χ0v) is 10.8. The van der Waals surface area contributed by atoms with Crippen molar-refractivity contribution < 1.29 is 0 Å². The summed E-state index contributed by atoms with van der Waals surface area (Å²) in [5.74, 6) is 0.744. The van der Waals surface area contributed by atoms with Crippen LogP contribution >= 0.6 is 0 Å². The summed E-state index contributed by atoms with van der Waals surface area (Å²) in [4.78, 5) is 2.51. The lowest BCUT2D eigenvalue weighted by atomic mass is 9.53. The first-order valence-corrected chi connectivity index (χ1v) is 6.66. The molecular weight excluding hydrogens is 198 g/mol. The van der Waals surface area contributed by atoms with E-state index >= 15 is 0 Å². The highest BCUT2D eigenvalue weighted by atomic mass is 15.1.